The van der Waals surface area contributed by atoms with Crippen molar-refractivity contribution in [2.75, 3.05) is 0 Å². The molecule has 1 N–H and O–H groups in total. The summed E-state index contributed by atoms with van der Waals surface area (Å²) in [6, 6.07) is 11.8. The monoisotopic (exact) mass is 390 g/mol. The third-order valence-corrected chi connectivity index (χ3v) is 3.61. The Balaban J connectivity index is 2.41. The van der Waals surface area contributed by atoms with E-state index >= 15 is 0 Å². The quantitative estimate of drug-likeness (QED) is 0.506. The molecule has 0 fully saturated rings. The fourth-order valence-corrected chi connectivity index (χ4v) is 2.48. The number of carbonyl (C=O) groups is 1. The Morgan fingerprint density at radius 2 is 1.43 bits per heavy atom. The molecule has 0 aromatic heterocycles. The summed E-state index contributed by atoms with van der Waals surface area (Å²) in [4.78, 5) is 10.7. The van der Waals surface area contributed by atoms with Gasteiger partial charge in [0.1, 0.15) is 11.4 Å². The number of ether oxygens (including phenoxy) is 1. The molecule has 0 aliphatic carbocycles. The molecule has 2 aromatic rings. The maximum absolute atomic E-state index is 12.8. The molecular weight excluding hydrogens is 369 g/mol. The van der Waals surface area contributed by atoms with E-state index in [4.69, 9.17) is 9.84 Å². The number of carboxylic acid groups (broad SMARTS) is 1. The van der Waals surface area contributed by atoms with Crippen molar-refractivity contribution in [2.45, 2.75) is 32.5 Å². The first-order valence-electron chi connectivity index (χ1n) is 8.54. The van der Waals surface area contributed by atoms with Gasteiger partial charge in [0.2, 0.25) is 0 Å². The number of carboxylic acids is 1. The van der Waals surface area contributed by atoms with Gasteiger partial charge in [-0.3, -0.25) is 0 Å². The van der Waals surface area contributed by atoms with Gasteiger partial charge >= 0.3 is 12.1 Å². The predicted molar refractivity (Wildman–Crippen MR) is 102 cm³/mol. The maximum Gasteiger partial charge on any atom is 0.416 e. The van der Waals surface area contributed by atoms with Crippen molar-refractivity contribution in [2.24, 2.45) is 0 Å². The number of halogens is 3. The zero-order valence-electron chi connectivity index (χ0n) is 15.7. The lowest BCUT2D eigenvalue weighted by Crippen LogP contribution is -2.22. The van der Waals surface area contributed by atoms with Gasteiger partial charge in [-0.2, -0.15) is 13.2 Å². The minimum Gasteiger partial charge on any atom is -0.488 e. The molecule has 0 radical (unpaired) electrons. The molecule has 2 aromatic carbocycles. The third-order valence-electron chi connectivity index (χ3n) is 3.61. The van der Waals surface area contributed by atoms with Crippen LogP contribution in [0.5, 0.6) is 5.75 Å². The van der Waals surface area contributed by atoms with Crippen LogP contribution in [0.3, 0.4) is 0 Å². The Hall–Kier alpha value is -3.02. The number of rotatable bonds is 5. The minimum absolute atomic E-state index is 0.363. The summed E-state index contributed by atoms with van der Waals surface area (Å²) >= 11 is 0. The minimum atomic E-state index is -4.42. The number of aliphatic carboxylic acids is 1. The summed E-state index contributed by atoms with van der Waals surface area (Å²) in [6.07, 6.45) is -0.566. The molecule has 148 valence electrons. The van der Waals surface area contributed by atoms with Crippen molar-refractivity contribution < 1.29 is 27.8 Å². The second-order valence-electron chi connectivity index (χ2n) is 7.09. The molecule has 0 saturated heterocycles. The Morgan fingerprint density at radius 3 is 1.86 bits per heavy atom. The molecule has 2 rings (SSSR count). The zero-order chi connectivity index (χ0) is 20.9. The van der Waals surface area contributed by atoms with E-state index in [1.807, 2.05) is 20.8 Å². The predicted octanol–water partition coefficient (Wildman–Crippen LogP) is 5.96. The largest absolute Gasteiger partial charge is 0.488 e. The van der Waals surface area contributed by atoms with E-state index < -0.39 is 17.7 Å². The summed E-state index contributed by atoms with van der Waals surface area (Å²) in [5.41, 5.74) is 0.736. The first-order chi connectivity index (χ1) is 13.0. The molecule has 0 aliphatic rings. The molecular formula is C22H21F3O3. The number of benzene rings is 2. The van der Waals surface area contributed by atoms with Crippen LogP contribution in [0.15, 0.2) is 66.8 Å². The number of hydrogen-bond acceptors (Lipinski definition) is 2. The van der Waals surface area contributed by atoms with Gasteiger partial charge in [-0.1, -0.05) is 36.4 Å². The highest BCUT2D eigenvalue weighted by Gasteiger charge is 2.30. The van der Waals surface area contributed by atoms with Gasteiger partial charge in [0.25, 0.3) is 0 Å². The van der Waals surface area contributed by atoms with Crippen LogP contribution in [0.2, 0.25) is 0 Å². The number of hydrogen-bond donors (Lipinski definition) is 1. The van der Waals surface area contributed by atoms with Gasteiger partial charge < -0.3 is 9.84 Å². The Morgan fingerprint density at radius 1 is 0.929 bits per heavy atom. The summed E-state index contributed by atoms with van der Waals surface area (Å²) in [6.45, 7) is 5.77. The van der Waals surface area contributed by atoms with Crippen molar-refractivity contribution >= 4 is 11.5 Å². The second kappa shape index (κ2) is 8.33. The first-order valence-corrected chi connectivity index (χ1v) is 8.54. The summed E-state index contributed by atoms with van der Waals surface area (Å²) in [5, 5.41) is 8.78. The normalized spacial score (nSPS) is 13.0. The fraction of sp³-hybridized carbons (Fsp3) is 0.227. The van der Waals surface area contributed by atoms with Gasteiger partial charge in [0, 0.05) is 6.08 Å². The smallest absolute Gasteiger partial charge is 0.416 e. The molecule has 28 heavy (non-hydrogen) atoms. The van der Waals surface area contributed by atoms with Crippen LogP contribution >= 0.6 is 0 Å². The SMILES string of the molecule is CC(C)(C)Oc1ccc(C(=CC=CC(=O)O)c2ccc(C(F)(F)F)cc2)cc1. The Bertz CT molecular complexity index is 869. The van der Waals surface area contributed by atoms with Gasteiger partial charge in [0.05, 0.1) is 5.56 Å². The Labute approximate surface area is 161 Å². The number of alkyl halides is 3. The summed E-state index contributed by atoms with van der Waals surface area (Å²) in [5.74, 6) is -0.457. The highest BCUT2D eigenvalue weighted by Crippen LogP contribution is 2.32. The van der Waals surface area contributed by atoms with Crippen LogP contribution in [-0.2, 0) is 11.0 Å². The summed E-state index contributed by atoms with van der Waals surface area (Å²) in [7, 11) is 0. The van der Waals surface area contributed by atoms with Crippen molar-refractivity contribution in [3.63, 3.8) is 0 Å². The van der Waals surface area contributed by atoms with E-state index in [2.05, 4.69) is 0 Å². The van der Waals surface area contributed by atoms with Gasteiger partial charge in [0.15, 0.2) is 0 Å². The van der Waals surface area contributed by atoms with Gasteiger partial charge in [-0.25, -0.2) is 4.79 Å². The lowest BCUT2D eigenvalue weighted by Gasteiger charge is -2.21. The third kappa shape index (κ3) is 6.30. The highest BCUT2D eigenvalue weighted by atomic mass is 19.4. The molecule has 0 aliphatic heterocycles. The topological polar surface area (TPSA) is 46.5 Å². The maximum atomic E-state index is 12.8. The molecule has 0 heterocycles. The van der Waals surface area contributed by atoms with E-state index in [0.717, 1.165) is 23.8 Å². The molecule has 3 nitrogen and oxygen atoms in total. The van der Waals surface area contributed by atoms with E-state index in [0.29, 0.717) is 16.9 Å². The Kier molecular flexibility index (Phi) is 6.33. The van der Waals surface area contributed by atoms with Crippen LogP contribution in [-0.4, -0.2) is 16.7 Å². The molecule has 6 heteroatoms. The molecule has 0 unspecified atom stereocenters. The molecule has 0 spiro atoms. The second-order valence-corrected chi connectivity index (χ2v) is 7.09. The van der Waals surface area contributed by atoms with E-state index in [9.17, 15) is 18.0 Å². The van der Waals surface area contributed by atoms with Crippen molar-refractivity contribution in [3.8, 4) is 5.75 Å². The average Bonchev–Trinajstić information content (AvgIpc) is 2.57. The van der Waals surface area contributed by atoms with E-state index in [-0.39, 0.29) is 5.60 Å². The number of allylic oxidation sites excluding steroid dienone is 2. The molecule has 0 bridgehead atoms. The van der Waals surface area contributed by atoms with E-state index in [1.165, 1.54) is 18.2 Å². The zero-order valence-corrected chi connectivity index (χ0v) is 15.7. The van der Waals surface area contributed by atoms with Crippen LogP contribution in [0.1, 0.15) is 37.5 Å². The lowest BCUT2D eigenvalue weighted by atomic mass is 9.96. The molecule has 0 amide bonds. The van der Waals surface area contributed by atoms with E-state index in [1.54, 1.807) is 30.3 Å². The highest BCUT2D eigenvalue weighted by molar-refractivity contribution is 5.84. The lowest BCUT2D eigenvalue weighted by molar-refractivity contribution is -0.137. The fourth-order valence-electron chi connectivity index (χ4n) is 2.48. The summed E-state index contributed by atoms with van der Waals surface area (Å²) < 4.78 is 44.2. The van der Waals surface area contributed by atoms with Crippen molar-refractivity contribution in [3.05, 3.63) is 83.4 Å². The van der Waals surface area contributed by atoms with Gasteiger partial charge in [-0.15, -0.1) is 0 Å². The van der Waals surface area contributed by atoms with Gasteiger partial charge in [-0.05, 0) is 61.7 Å². The molecule has 0 atom stereocenters. The van der Waals surface area contributed by atoms with Crippen LogP contribution in [0, 0.1) is 0 Å². The van der Waals surface area contributed by atoms with Crippen molar-refractivity contribution in [1.82, 2.24) is 0 Å². The van der Waals surface area contributed by atoms with Crippen molar-refractivity contribution in [1.29, 1.82) is 0 Å². The standard InChI is InChI=1S/C22H21F3O3/c1-21(2,3)28-18-13-9-16(10-14-18)19(5-4-6-20(26)27)15-7-11-17(12-8-15)22(23,24)25/h4-14H,1-3H3,(H,26,27). The van der Waals surface area contributed by atoms with Crippen LogP contribution in [0.4, 0.5) is 13.2 Å². The molecule has 0 saturated carbocycles. The van der Waals surface area contributed by atoms with Crippen LogP contribution in [0.25, 0.3) is 5.57 Å². The van der Waals surface area contributed by atoms with Crippen LogP contribution < -0.4 is 4.74 Å². The first kappa shape index (κ1) is 21.3. The average molecular weight is 390 g/mol.